The summed E-state index contributed by atoms with van der Waals surface area (Å²) >= 11 is 0. The molecule has 3 rings (SSSR count). The van der Waals surface area contributed by atoms with Crippen LogP contribution in [0, 0.1) is 6.92 Å². The largest absolute Gasteiger partial charge is 0.495 e. The normalized spacial score (nSPS) is 10.3. The molecule has 0 aliphatic rings. The lowest BCUT2D eigenvalue weighted by atomic mass is 10.2. The van der Waals surface area contributed by atoms with Crippen molar-refractivity contribution < 1.29 is 14.3 Å². The maximum Gasteiger partial charge on any atom is 0.317 e. The Labute approximate surface area is 168 Å². The van der Waals surface area contributed by atoms with E-state index in [1.807, 2.05) is 6.07 Å². The first kappa shape index (κ1) is 19.8. The van der Waals surface area contributed by atoms with Crippen molar-refractivity contribution in [2.45, 2.75) is 13.5 Å². The van der Waals surface area contributed by atoms with Crippen LogP contribution in [-0.2, 0) is 16.1 Å². The molecule has 2 heterocycles. The molecule has 0 spiro atoms. The molecule has 3 aromatic rings. The van der Waals surface area contributed by atoms with Gasteiger partial charge < -0.3 is 15.8 Å². The van der Waals surface area contributed by atoms with Gasteiger partial charge in [0.1, 0.15) is 11.6 Å². The molecule has 8 nitrogen and oxygen atoms in total. The number of methoxy groups -OCH3 is 1. The quantitative estimate of drug-likeness (QED) is 0.647. The molecule has 3 N–H and O–H groups in total. The van der Waals surface area contributed by atoms with Crippen LogP contribution in [0.25, 0.3) is 0 Å². The fraction of sp³-hybridized carbons (Fsp3) is 0.143. The molecule has 2 amide bonds. The van der Waals surface area contributed by atoms with Crippen molar-refractivity contribution in [2.24, 2.45) is 0 Å². The van der Waals surface area contributed by atoms with Gasteiger partial charge in [0.25, 0.3) is 0 Å². The van der Waals surface area contributed by atoms with Crippen LogP contribution in [0.1, 0.15) is 11.3 Å². The van der Waals surface area contributed by atoms with E-state index < -0.39 is 11.8 Å². The minimum atomic E-state index is -0.808. The zero-order chi connectivity index (χ0) is 20.8. The van der Waals surface area contributed by atoms with E-state index in [-0.39, 0.29) is 6.54 Å². The van der Waals surface area contributed by atoms with Crippen LogP contribution in [0.4, 0.5) is 17.2 Å². The van der Waals surface area contributed by atoms with Gasteiger partial charge in [0.05, 0.1) is 36.9 Å². The highest BCUT2D eigenvalue weighted by Crippen LogP contribution is 2.29. The highest BCUT2D eigenvalue weighted by molar-refractivity contribution is 6.44. The lowest BCUT2D eigenvalue weighted by Crippen LogP contribution is -2.39. The van der Waals surface area contributed by atoms with E-state index in [0.717, 1.165) is 0 Å². The number of hydrogen-bond acceptors (Lipinski definition) is 6. The lowest BCUT2D eigenvalue weighted by Gasteiger charge is -2.23. The van der Waals surface area contributed by atoms with Crippen molar-refractivity contribution in [3.05, 3.63) is 72.2 Å². The summed E-state index contributed by atoms with van der Waals surface area (Å²) in [6.45, 7) is 1.87. The van der Waals surface area contributed by atoms with Crippen LogP contribution in [0.5, 0.6) is 5.75 Å². The molecule has 2 aromatic heterocycles. The average molecular weight is 391 g/mol. The number of aryl methyl sites for hydroxylation is 1. The van der Waals surface area contributed by atoms with Gasteiger partial charge in [0.2, 0.25) is 0 Å². The predicted octanol–water partition coefficient (Wildman–Crippen LogP) is 2.55. The van der Waals surface area contributed by atoms with E-state index >= 15 is 0 Å². The van der Waals surface area contributed by atoms with Crippen LogP contribution >= 0.6 is 0 Å². The Morgan fingerprint density at radius 2 is 1.90 bits per heavy atom. The number of nitrogens with one attached hydrogen (secondary N) is 1. The fourth-order valence-corrected chi connectivity index (χ4v) is 2.73. The maximum absolute atomic E-state index is 13.1. The molecule has 1 aromatic carbocycles. The first-order chi connectivity index (χ1) is 14.0. The number of anilines is 3. The standard InChI is InChI=1S/C21H21N5O3/c1-14-11-16(12-24-19(14)22)25-20(27)21(28)26(13-15-7-5-6-10-23-15)17-8-3-4-9-18(17)29-2/h3-12H,13H2,1-2H3,(H2,22,24)(H,25,27). The van der Waals surface area contributed by atoms with Crippen molar-refractivity contribution >= 4 is 29.0 Å². The van der Waals surface area contributed by atoms with Gasteiger partial charge in [-0.2, -0.15) is 0 Å². The van der Waals surface area contributed by atoms with Crippen molar-refractivity contribution in [1.82, 2.24) is 9.97 Å². The smallest absolute Gasteiger partial charge is 0.317 e. The summed E-state index contributed by atoms with van der Waals surface area (Å²) < 4.78 is 5.37. The molecular weight excluding hydrogens is 370 g/mol. The summed E-state index contributed by atoms with van der Waals surface area (Å²) in [5.74, 6) is -0.734. The minimum absolute atomic E-state index is 0.104. The summed E-state index contributed by atoms with van der Waals surface area (Å²) in [5, 5.41) is 2.57. The van der Waals surface area contributed by atoms with Gasteiger partial charge >= 0.3 is 11.8 Å². The summed E-state index contributed by atoms with van der Waals surface area (Å²) in [6.07, 6.45) is 3.03. The van der Waals surface area contributed by atoms with Crippen LogP contribution in [0.15, 0.2) is 60.9 Å². The zero-order valence-corrected chi connectivity index (χ0v) is 16.1. The van der Waals surface area contributed by atoms with E-state index in [4.69, 9.17) is 10.5 Å². The minimum Gasteiger partial charge on any atom is -0.495 e. The van der Waals surface area contributed by atoms with Crippen LogP contribution in [-0.4, -0.2) is 28.9 Å². The number of carbonyl (C=O) groups excluding carboxylic acids is 2. The number of nitrogens with zero attached hydrogens (tertiary/aromatic N) is 3. The number of nitrogens with two attached hydrogens (primary N) is 1. The summed E-state index contributed by atoms with van der Waals surface area (Å²) in [4.78, 5) is 35.3. The lowest BCUT2D eigenvalue weighted by molar-refractivity contribution is -0.134. The van der Waals surface area contributed by atoms with Gasteiger partial charge in [0, 0.05) is 6.20 Å². The van der Waals surface area contributed by atoms with E-state index in [0.29, 0.717) is 34.2 Å². The first-order valence-electron chi connectivity index (χ1n) is 8.87. The number of benzene rings is 1. The summed E-state index contributed by atoms with van der Waals surface area (Å²) in [7, 11) is 1.51. The molecule has 0 bridgehead atoms. The highest BCUT2D eigenvalue weighted by Gasteiger charge is 2.26. The fourth-order valence-electron chi connectivity index (χ4n) is 2.73. The third-order valence-corrected chi connectivity index (χ3v) is 4.24. The Morgan fingerprint density at radius 3 is 2.59 bits per heavy atom. The first-order valence-corrected chi connectivity index (χ1v) is 8.87. The molecule has 0 atom stereocenters. The van der Waals surface area contributed by atoms with Crippen molar-refractivity contribution in [2.75, 3.05) is 23.1 Å². The van der Waals surface area contributed by atoms with E-state index in [9.17, 15) is 9.59 Å². The van der Waals surface area contributed by atoms with Crippen LogP contribution in [0.3, 0.4) is 0 Å². The van der Waals surface area contributed by atoms with Gasteiger partial charge in [-0.1, -0.05) is 18.2 Å². The number of aromatic nitrogens is 2. The molecule has 0 fully saturated rings. The Balaban J connectivity index is 1.90. The monoisotopic (exact) mass is 391 g/mol. The molecule has 0 unspecified atom stereocenters. The average Bonchev–Trinajstić information content (AvgIpc) is 2.75. The molecule has 0 radical (unpaired) electrons. The predicted molar refractivity (Wildman–Crippen MR) is 110 cm³/mol. The molecular formula is C21H21N5O3. The topological polar surface area (TPSA) is 110 Å². The van der Waals surface area contributed by atoms with E-state index in [1.165, 1.54) is 18.2 Å². The third kappa shape index (κ3) is 4.67. The van der Waals surface area contributed by atoms with Crippen molar-refractivity contribution in [3.63, 3.8) is 0 Å². The second-order valence-corrected chi connectivity index (χ2v) is 6.26. The third-order valence-electron chi connectivity index (χ3n) is 4.24. The number of pyridine rings is 2. The number of nitrogen functional groups attached to an aromatic ring is 1. The Kier molecular flexibility index (Phi) is 6.03. The van der Waals surface area contributed by atoms with Crippen LogP contribution in [0.2, 0.25) is 0 Å². The zero-order valence-electron chi connectivity index (χ0n) is 16.1. The Bertz CT molecular complexity index is 1020. The number of para-hydroxylation sites is 2. The number of hydrogen-bond donors (Lipinski definition) is 2. The van der Waals surface area contributed by atoms with Crippen molar-refractivity contribution in [3.8, 4) is 5.75 Å². The van der Waals surface area contributed by atoms with Gasteiger partial charge in [-0.15, -0.1) is 0 Å². The Hall–Kier alpha value is -3.94. The number of rotatable bonds is 5. The SMILES string of the molecule is COc1ccccc1N(Cc1ccccn1)C(=O)C(=O)Nc1cnc(N)c(C)c1. The van der Waals surface area contributed by atoms with Crippen molar-refractivity contribution in [1.29, 1.82) is 0 Å². The molecule has 148 valence electrons. The molecule has 29 heavy (non-hydrogen) atoms. The second kappa shape index (κ2) is 8.83. The van der Waals surface area contributed by atoms with Gasteiger partial charge in [-0.3, -0.25) is 19.5 Å². The number of ether oxygens (including phenoxy) is 1. The van der Waals surface area contributed by atoms with Gasteiger partial charge in [-0.05, 0) is 42.8 Å². The van der Waals surface area contributed by atoms with E-state index in [1.54, 1.807) is 55.6 Å². The summed E-state index contributed by atoms with van der Waals surface area (Å²) in [6, 6.07) is 14.0. The summed E-state index contributed by atoms with van der Waals surface area (Å²) in [5.41, 5.74) is 7.88. The Morgan fingerprint density at radius 1 is 1.14 bits per heavy atom. The maximum atomic E-state index is 13.1. The number of amides is 2. The van der Waals surface area contributed by atoms with Gasteiger partial charge in [-0.25, -0.2) is 4.98 Å². The molecule has 0 aliphatic carbocycles. The van der Waals surface area contributed by atoms with Crippen LogP contribution < -0.4 is 20.7 Å². The molecule has 0 aliphatic heterocycles. The number of carbonyl (C=O) groups is 2. The molecule has 0 saturated heterocycles. The second-order valence-electron chi connectivity index (χ2n) is 6.26. The van der Waals surface area contributed by atoms with Gasteiger partial charge in [0.15, 0.2) is 0 Å². The molecule has 0 saturated carbocycles. The van der Waals surface area contributed by atoms with E-state index in [2.05, 4.69) is 15.3 Å². The molecule has 8 heteroatoms. The highest BCUT2D eigenvalue weighted by atomic mass is 16.5.